The molecule has 0 spiro atoms. The molecule has 1 aromatic heterocycles. The van der Waals surface area contributed by atoms with Crippen LogP contribution in [0.3, 0.4) is 0 Å². The van der Waals surface area contributed by atoms with E-state index in [1.807, 2.05) is 6.07 Å². The number of hydrogen-bond acceptors (Lipinski definition) is 6. The Hall–Kier alpha value is -3.74. The van der Waals surface area contributed by atoms with Crippen LogP contribution < -0.4 is 10.3 Å². The first kappa shape index (κ1) is 22.1. The van der Waals surface area contributed by atoms with Crippen LogP contribution in [0.4, 0.5) is 4.39 Å². The minimum absolute atomic E-state index is 0.0697. The van der Waals surface area contributed by atoms with Gasteiger partial charge in [0.25, 0.3) is 5.56 Å². The van der Waals surface area contributed by atoms with Crippen molar-refractivity contribution in [3.63, 3.8) is 0 Å². The van der Waals surface area contributed by atoms with E-state index >= 15 is 0 Å². The minimum Gasteiger partial charge on any atom is -0.483 e. The number of benzene rings is 2. The highest BCUT2D eigenvalue weighted by molar-refractivity contribution is 5.87. The molecule has 2 aliphatic rings. The second-order valence-electron chi connectivity index (χ2n) is 8.46. The third kappa shape index (κ3) is 3.91. The van der Waals surface area contributed by atoms with Gasteiger partial charge in [0.1, 0.15) is 18.0 Å². The lowest BCUT2D eigenvalue weighted by atomic mass is 9.98. The smallest absolute Gasteiger partial charge is 0.303 e. The van der Waals surface area contributed by atoms with Crippen LogP contribution in [0.15, 0.2) is 53.3 Å². The number of para-hydroxylation sites is 1. The molecule has 0 saturated carbocycles. The van der Waals surface area contributed by atoms with Gasteiger partial charge in [0, 0.05) is 11.3 Å². The number of halogens is 1. The second kappa shape index (κ2) is 8.89. The van der Waals surface area contributed by atoms with E-state index in [1.165, 1.54) is 16.7 Å². The fourth-order valence-corrected chi connectivity index (χ4v) is 4.72. The summed E-state index contributed by atoms with van der Waals surface area (Å²) in [5.74, 6) is -1.44. The van der Waals surface area contributed by atoms with Gasteiger partial charge >= 0.3 is 5.97 Å². The molecule has 0 aliphatic carbocycles. The molecule has 2 saturated heterocycles. The van der Waals surface area contributed by atoms with Crippen molar-refractivity contribution in [3.8, 4) is 11.8 Å². The van der Waals surface area contributed by atoms with Crippen molar-refractivity contribution in [2.45, 2.75) is 31.3 Å². The standard InChI is InChI=1S/C25H21FN2O6/c26-16-7-5-14(6-8-16)11-28-19-4-2-1-3-17(19)23(18(10-27)25(28)31)34-20-13-33-22-15(9-21(29)30)12-32-24(20)22/h1-8,15,20,22,24H,9,11-13H2,(H,29,30)/t15-,20-,22+,24-/m0/s1. The molecule has 0 radical (unpaired) electrons. The maximum Gasteiger partial charge on any atom is 0.303 e. The van der Waals surface area contributed by atoms with Crippen molar-refractivity contribution in [3.05, 3.63) is 75.8 Å². The third-order valence-electron chi connectivity index (χ3n) is 6.31. The summed E-state index contributed by atoms with van der Waals surface area (Å²) in [5, 5.41) is 19.6. The number of rotatable bonds is 6. The van der Waals surface area contributed by atoms with Crippen LogP contribution in [0.5, 0.6) is 5.75 Å². The fraction of sp³-hybridized carbons (Fsp3) is 0.320. The lowest BCUT2D eigenvalue weighted by molar-refractivity contribution is -0.138. The Morgan fingerprint density at radius 1 is 1.15 bits per heavy atom. The normalized spacial score (nSPS) is 23.5. The number of nitrogens with zero attached hydrogens (tertiary/aromatic N) is 2. The Kier molecular flexibility index (Phi) is 5.77. The van der Waals surface area contributed by atoms with Crippen molar-refractivity contribution in [2.75, 3.05) is 13.2 Å². The molecule has 3 heterocycles. The summed E-state index contributed by atoms with van der Waals surface area (Å²) >= 11 is 0. The van der Waals surface area contributed by atoms with Gasteiger partial charge in [-0.25, -0.2) is 4.39 Å². The van der Waals surface area contributed by atoms with E-state index in [-0.39, 0.29) is 49.2 Å². The average Bonchev–Trinajstić information content (AvgIpc) is 3.41. The highest BCUT2D eigenvalue weighted by Gasteiger charge is 2.49. The van der Waals surface area contributed by atoms with Crippen molar-refractivity contribution in [1.82, 2.24) is 4.57 Å². The molecule has 34 heavy (non-hydrogen) atoms. The molecule has 0 unspecified atom stereocenters. The number of aromatic nitrogens is 1. The number of carbonyl (C=O) groups is 1. The SMILES string of the molecule is N#Cc1c(O[C@H]2CO[C@@H]3[C@@H](CC(=O)O)CO[C@H]32)c2ccccc2n(Cc2ccc(F)cc2)c1=O. The summed E-state index contributed by atoms with van der Waals surface area (Å²) in [5.41, 5.74) is 0.607. The summed E-state index contributed by atoms with van der Waals surface area (Å²) in [6.07, 6.45) is -1.57. The van der Waals surface area contributed by atoms with E-state index in [1.54, 1.807) is 36.4 Å². The van der Waals surface area contributed by atoms with E-state index in [4.69, 9.17) is 19.3 Å². The highest BCUT2D eigenvalue weighted by Crippen LogP contribution is 2.37. The monoisotopic (exact) mass is 464 g/mol. The molecule has 174 valence electrons. The molecule has 0 amide bonds. The van der Waals surface area contributed by atoms with E-state index in [9.17, 15) is 19.2 Å². The number of pyridine rings is 1. The maximum atomic E-state index is 13.3. The molecule has 2 aliphatic heterocycles. The summed E-state index contributed by atoms with van der Waals surface area (Å²) < 4.78 is 32.6. The fourth-order valence-electron chi connectivity index (χ4n) is 4.72. The molecular weight excluding hydrogens is 443 g/mol. The molecule has 1 N–H and O–H groups in total. The number of carboxylic acid groups (broad SMARTS) is 1. The van der Waals surface area contributed by atoms with Gasteiger partial charge in [-0.2, -0.15) is 5.26 Å². The molecule has 9 heteroatoms. The van der Waals surface area contributed by atoms with Gasteiger partial charge in [-0.3, -0.25) is 9.59 Å². The first-order chi connectivity index (χ1) is 16.5. The van der Waals surface area contributed by atoms with Crippen LogP contribution in [-0.2, 0) is 20.8 Å². The summed E-state index contributed by atoms with van der Waals surface area (Å²) in [4.78, 5) is 24.5. The van der Waals surface area contributed by atoms with Crippen LogP contribution in [0.25, 0.3) is 10.9 Å². The lowest BCUT2D eigenvalue weighted by Gasteiger charge is -2.21. The number of carboxylic acids is 1. The zero-order valence-corrected chi connectivity index (χ0v) is 18.0. The zero-order chi connectivity index (χ0) is 23.8. The predicted molar refractivity (Wildman–Crippen MR) is 118 cm³/mol. The molecule has 3 aromatic rings. The van der Waals surface area contributed by atoms with Crippen LogP contribution in [0.2, 0.25) is 0 Å². The predicted octanol–water partition coefficient (Wildman–Crippen LogP) is 2.70. The Morgan fingerprint density at radius 2 is 1.88 bits per heavy atom. The van der Waals surface area contributed by atoms with Crippen LogP contribution in [-0.4, -0.2) is 47.2 Å². The zero-order valence-electron chi connectivity index (χ0n) is 18.0. The second-order valence-corrected chi connectivity index (χ2v) is 8.46. The van der Waals surface area contributed by atoms with Gasteiger partial charge in [0.2, 0.25) is 0 Å². The number of aliphatic carboxylic acids is 1. The largest absolute Gasteiger partial charge is 0.483 e. The molecule has 2 aromatic carbocycles. The first-order valence-corrected chi connectivity index (χ1v) is 10.9. The number of fused-ring (bicyclic) bond motifs is 2. The minimum atomic E-state index is -0.926. The van der Waals surface area contributed by atoms with Gasteiger partial charge in [-0.05, 0) is 29.8 Å². The van der Waals surface area contributed by atoms with Gasteiger partial charge < -0.3 is 23.9 Å². The summed E-state index contributed by atoms with van der Waals surface area (Å²) in [6.45, 7) is 0.557. The summed E-state index contributed by atoms with van der Waals surface area (Å²) in [7, 11) is 0. The van der Waals surface area contributed by atoms with Gasteiger partial charge in [-0.15, -0.1) is 0 Å². The van der Waals surface area contributed by atoms with E-state index in [2.05, 4.69) is 0 Å². The molecular formula is C25H21FN2O6. The topological polar surface area (TPSA) is 111 Å². The van der Waals surface area contributed by atoms with Gasteiger partial charge in [-0.1, -0.05) is 24.3 Å². The molecule has 4 atom stereocenters. The van der Waals surface area contributed by atoms with Crippen molar-refractivity contribution in [1.29, 1.82) is 5.26 Å². The van der Waals surface area contributed by atoms with Crippen LogP contribution in [0, 0.1) is 23.1 Å². The van der Waals surface area contributed by atoms with Gasteiger partial charge in [0.15, 0.2) is 17.4 Å². The Balaban J connectivity index is 1.52. The molecule has 2 fully saturated rings. The average molecular weight is 464 g/mol. The van der Waals surface area contributed by atoms with Crippen molar-refractivity contribution < 1.29 is 28.5 Å². The highest BCUT2D eigenvalue weighted by atomic mass is 19.1. The van der Waals surface area contributed by atoms with Crippen molar-refractivity contribution >= 4 is 16.9 Å². The van der Waals surface area contributed by atoms with Gasteiger partial charge in [0.05, 0.1) is 37.8 Å². The number of hydrogen-bond donors (Lipinski definition) is 1. The summed E-state index contributed by atoms with van der Waals surface area (Å²) in [6, 6.07) is 14.9. The first-order valence-electron chi connectivity index (χ1n) is 10.9. The molecule has 0 bridgehead atoms. The Labute approximate surface area is 193 Å². The van der Waals surface area contributed by atoms with Crippen LogP contribution in [0.1, 0.15) is 17.5 Å². The Bertz CT molecular complexity index is 1350. The third-order valence-corrected chi connectivity index (χ3v) is 6.31. The number of nitriles is 1. The van der Waals surface area contributed by atoms with Crippen LogP contribution >= 0.6 is 0 Å². The lowest BCUT2D eigenvalue weighted by Crippen LogP contribution is -2.35. The van der Waals surface area contributed by atoms with E-state index in [0.29, 0.717) is 16.5 Å². The van der Waals surface area contributed by atoms with Crippen molar-refractivity contribution in [2.24, 2.45) is 5.92 Å². The Morgan fingerprint density at radius 3 is 2.62 bits per heavy atom. The number of ether oxygens (including phenoxy) is 3. The molecule has 8 nitrogen and oxygen atoms in total. The molecule has 5 rings (SSSR count). The van der Waals surface area contributed by atoms with E-state index in [0.717, 1.165) is 0 Å². The maximum absolute atomic E-state index is 13.3. The van der Waals surface area contributed by atoms with E-state index < -0.39 is 29.8 Å². The quantitative estimate of drug-likeness (QED) is 0.597.